The van der Waals surface area contributed by atoms with Crippen LogP contribution < -0.4 is 11.1 Å². The molecule has 1 unspecified atom stereocenters. The number of carbonyl (C=O) groups is 2. The lowest BCUT2D eigenvalue weighted by Crippen LogP contribution is -2.27. The van der Waals surface area contributed by atoms with E-state index >= 15 is 0 Å². The molecule has 35 heavy (non-hydrogen) atoms. The summed E-state index contributed by atoms with van der Waals surface area (Å²) in [6.45, 7) is 2.20. The zero-order chi connectivity index (χ0) is 23.2. The fourth-order valence-corrected chi connectivity index (χ4v) is 3.66. The number of ether oxygens (including phenoxy) is 1. The molecule has 4 rings (SSSR count). The van der Waals surface area contributed by atoms with Crippen molar-refractivity contribution in [3.05, 3.63) is 107 Å². The Balaban J connectivity index is 0.00000216. The maximum atomic E-state index is 12.9. The average Bonchev–Trinajstić information content (AvgIpc) is 2.84. The second-order valence-electron chi connectivity index (χ2n) is 7.85. The smallest absolute Gasteiger partial charge is 0.338 e. The van der Waals surface area contributed by atoms with Crippen LogP contribution in [0.3, 0.4) is 0 Å². The van der Waals surface area contributed by atoms with Crippen molar-refractivity contribution in [2.75, 3.05) is 11.9 Å². The SMILES string of the molecule is Cc1ccccc1C(=O)OCc1ccc(C(CN)C(=O)Nc2ccc3cnccc3c2)cc1.Cl.Cl. The number of nitrogens with one attached hydrogen (secondary N) is 1. The highest BCUT2D eigenvalue weighted by molar-refractivity contribution is 5.98. The second kappa shape index (κ2) is 12.9. The van der Waals surface area contributed by atoms with Crippen molar-refractivity contribution in [2.24, 2.45) is 5.73 Å². The Morgan fingerprint density at radius 1 is 0.971 bits per heavy atom. The number of esters is 1. The summed E-state index contributed by atoms with van der Waals surface area (Å²) in [7, 11) is 0. The van der Waals surface area contributed by atoms with Gasteiger partial charge in [0.15, 0.2) is 0 Å². The van der Waals surface area contributed by atoms with E-state index in [0.29, 0.717) is 11.3 Å². The van der Waals surface area contributed by atoms with Crippen molar-refractivity contribution < 1.29 is 14.3 Å². The molecule has 1 heterocycles. The molecule has 3 aromatic carbocycles. The largest absolute Gasteiger partial charge is 0.457 e. The van der Waals surface area contributed by atoms with E-state index in [1.54, 1.807) is 18.5 Å². The molecular weight excluding hydrogens is 485 g/mol. The van der Waals surface area contributed by atoms with Crippen molar-refractivity contribution >= 4 is 53.2 Å². The summed E-state index contributed by atoms with van der Waals surface area (Å²) in [5, 5.41) is 4.95. The predicted molar refractivity (Wildman–Crippen MR) is 143 cm³/mol. The number of pyridine rings is 1. The molecule has 0 aliphatic rings. The van der Waals surface area contributed by atoms with E-state index < -0.39 is 5.92 Å². The number of amides is 1. The van der Waals surface area contributed by atoms with Gasteiger partial charge in [-0.25, -0.2) is 4.79 Å². The summed E-state index contributed by atoms with van der Waals surface area (Å²) in [6.07, 6.45) is 3.50. The molecule has 0 aliphatic carbocycles. The van der Waals surface area contributed by atoms with Crippen LogP contribution in [0, 0.1) is 6.92 Å². The third-order valence-corrected chi connectivity index (χ3v) is 5.58. The molecule has 3 N–H and O–H groups in total. The molecule has 0 aliphatic heterocycles. The topological polar surface area (TPSA) is 94.3 Å². The van der Waals surface area contributed by atoms with Gasteiger partial charge < -0.3 is 15.8 Å². The summed E-state index contributed by atoms with van der Waals surface area (Å²) < 4.78 is 5.44. The minimum atomic E-state index is -0.498. The van der Waals surface area contributed by atoms with Gasteiger partial charge in [0.05, 0.1) is 11.5 Å². The number of aryl methyl sites for hydroxylation is 1. The molecule has 1 atom stereocenters. The number of aromatic nitrogens is 1. The Hall–Kier alpha value is -3.45. The third-order valence-electron chi connectivity index (χ3n) is 5.58. The standard InChI is InChI=1S/C27H25N3O3.2ClH/c1-18-4-2-3-5-24(18)27(32)33-17-19-6-8-20(9-7-19)25(15-28)26(31)30-23-11-10-22-16-29-13-12-21(22)14-23;;/h2-14,16,25H,15,17,28H2,1H3,(H,30,31);2*1H. The van der Waals surface area contributed by atoms with E-state index in [2.05, 4.69) is 10.3 Å². The lowest BCUT2D eigenvalue weighted by atomic mass is 9.97. The first-order valence-corrected chi connectivity index (χ1v) is 10.7. The number of hydrogen-bond acceptors (Lipinski definition) is 5. The molecule has 0 spiro atoms. The van der Waals surface area contributed by atoms with Gasteiger partial charge in [-0.2, -0.15) is 0 Å². The Bertz CT molecular complexity index is 1300. The molecule has 8 heteroatoms. The maximum Gasteiger partial charge on any atom is 0.338 e. The first kappa shape index (κ1) is 27.8. The second-order valence-corrected chi connectivity index (χ2v) is 7.85. The van der Waals surface area contributed by atoms with Crippen molar-refractivity contribution in [3.63, 3.8) is 0 Å². The monoisotopic (exact) mass is 511 g/mol. The predicted octanol–water partition coefficient (Wildman–Crippen LogP) is 5.42. The lowest BCUT2D eigenvalue weighted by molar-refractivity contribution is -0.117. The number of nitrogens with two attached hydrogens (primary N) is 1. The number of nitrogens with zero attached hydrogens (tertiary/aromatic N) is 1. The van der Waals surface area contributed by atoms with Gasteiger partial charge in [0.1, 0.15) is 6.61 Å². The summed E-state index contributed by atoms with van der Waals surface area (Å²) in [5.41, 5.74) is 9.69. The Kier molecular flexibility index (Phi) is 10.2. The van der Waals surface area contributed by atoms with E-state index in [1.807, 2.05) is 73.7 Å². The van der Waals surface area contributed by atoms with Gasteiger partial charge >= 0.3 is 5.97 Å². The summed E-state index contributed by atoms with van der Waals surface area (Å²) >= 11 is 0. The first-order valence-electron chi connectivity index (χ1n) is 10.7. The minimum absolute atomic E-state index is 0. The molecule has 0 saturated carbocycles. The molecule has 0 radical (unpaired) electrons. The van der Waals surface area contributed by atoms with Gasteiger partial charge in [-0.15, -0.1) is 24.8 Å². The fraction of sp³-hybridized carbons (Fsp3) is 0.148. The van der Waals surface area contributed by atoms with Crippen LogP contribution in [0.25, 0.3) is 10.8 Å². The highest BCUT2D eigenvalue weighted by Crippen LogP contribution is 2.22. The van der Waals surface area contributed by atoms with Crippen molar-refractivity contribution in [1.82, 2.24) is 4.98 Å². The van der Waals surface area contributed by atoms with E-state index in [0.717, 1.165) is 27.5 Å². The van der Waals surface area contributed by atoms with Crippen molar-refractivity contribution in [3.8, 4) is 0 Å². The van der Waals surface area contributed by atoms with E-state index in [1.165, 1.54) is 0 Å². The van der Waals surface area contributed by atoms with Gasteiger partial charge in [0.2, 0.25) is 5.91 Å². The van der Waals surface area contributed by atoms with Gasteiger partial charge in [0, 0.05) is 30.0 Å². The normalized spacial score (nSPS) is 11.0. The Morgan fingerprint density at radius 3 is 2.43 bits per heavy atom. The van der Waals surface area contributed by atoms with Crippen LogP contribution in [0.15, 0.2) is 85.2 Å². The molecule has 1 amide bonds. The van der Waals surface area contributed by atoms with Gasteiger partial charge in [0.25, 0.3) is 0 Å². The zero-order valence-corrected chi connectivity index (χ0v) is 20.8. The quantitative estimate of drug-likeness (QED) is 0.323. The van der Waals surface area contributed by atoms with Crippen molar-refractivity contribution in [1.29, 1.82) is 0 Å². The number of anilines is 1. The number of benzene rings is 3. The van der Waals surface area contributed by atoms with Crippen molar-refractivity contribution in [2.45, 2.75) is 19.4 Å². The molecule has 0 saturated heterocycles. The highest BCUT2D eigenvalue weighted by atomic mass is 35.5. The number of halogens is 2. The summed E-state index contributed by atoms with van der Waals surface area (Å²) in [6, 6.07) is 22.3. The molecule has 4 aromatic rings. The molecule has 6 nitrogen and oxygen atoms in total. The van der Waals surface area contributed by atoms with Crippen LogP contribution in [0.5, 0.6) is 0 Å². The Labute approximate surface area is 216 Å². The van der Waals surface area contributed by atoms with Gasteiger partial charge in [-0.1, -0.05) is 48.5 Å². The van der Waals surface area contributed by atoms with Crippen LogP contribution >= 0.6 is 24.8 Å². The Morgan fingerprint density at radius 2 is 1.71 bits per heavy atom. The van der Waals surface area contributed by atoms with Gasteiger partial charge in [-0.05, 0) is 53.3 Å². The molecule has 182 valence electrons. The third kappa shape index (κ3) is 6.79. The van der Waals surface area contributed by atoms with E-state index in [-0.39, 0.29) is 49.8 Å². The molecule has 0 fully saturated rings. The van der Waals surface area contributed by atoms with E-state index in [9.17, 15) is 9.59 Å². The summed E-state index contributed by atoms with van der Waals surface area (Å²) in [5.74, 6) is -1.03. The molecular formula is C27H27Cl2N3O3. The highest BCUT2D eigenvalue weighted by Gasteiger charge is 2.19. The fourth-order valence-electron chi connectivity index (χ4n) is 3.66. The van der Waals surface area contributed by atoms with Crippen LogP contribution in [-0.4, -0.2) is 23.4 Å². The number of carbonyl (C=O) groups excluding carboxylic acids is 2. The van der Waals surface area contributed by atoms with Gasteiger partial charge in [-0.3, -0.25) is 9.78 Å². The maximum absolute atomic E-state index is 12.9. The van der Waals surface area contributed by atoms with Crippen LogP contribution in [0.4, 0.5) is 5.69 Å². The molecule has 1 aromatic heterocycles. The summed E-state index contributed by atoms with van der Waals surface area (Å²) in [4.78, 5) is 29.3. The molecule has 0 bridgehead atoms. The average molecular weight is 512 g/mol. The van der Waals surface area contributed by atoms with Crippen LogP contribution in [-0.2, 0) is 16.1 Å². The number of rotatable bonds is 7. The zero-order valence-electron chi connectivity index (χ0n) is 19.1. The minimum Gasteiger partial charge on any atom is -0.457 e. The van der Waals surface area contributed by atoms with Crippen LogP contribution in [0.1, 0.15) is 33.0 Å². The number of fused-ring (bicyclic) bond motifs is 1. The number of hydrogen-bond donors (Lipinski definition) is 2. The first-order chi connectivity index (χ1) is 16.0. The lowest BCUT2D eigenvalue weighted by Gasteiger charge is -2.16. The van der Waals surface area contributed by atoms with E-state index in [4.69, 9.17) is 10.5 Å². The van der Waals surface area contributed by atoms with Crippen LogP contribution in [0.2, 0.25) is 0 Å².